The number of para-hydroxylation sites is 2. The number of hydrogen-bond acceptors (Lipinski definition) is 8. The van der Waals surface area contributed by atoms with E-state index >= 15 is 0 Å². The Hall–Kier alpha value is -13.1. The molecule has 768 valence electrons. The normalized spacial score (nSPS) is 8.73. The van der Waals surface area contributed by atoms with E-state index in [1.165, 1.54) is 105 Å². The predicted octanol–water partition coefficient (Wildman–Crippen LogP) is 34.8. The fraction of sp³-hybridized carbons (Fsp3) is 0.373. The van der Waals surface area contributed by atoms with Crippen molar-refractivity contribution in [2.75, 3.05) is 69.1 Å². The summed E-state index contributed by atoms with van der Waals surface area (Å²) in [4.78, 5) is 104. The number of nitrogens with zero attached hydrogens (tertiary/aromatic N) is 6. The van der Waals surface area contributed by atoms with E-state index < -0.39 is 0 Å². The quantitative estimate of drug-likeness (QED) is 0.0539. The van der Waals surface area contributed by atoms with Gasteiger partial charge in [0.2, 0.25) is 23.6 Å². The maximum Gasteiger partial charge on any atom is 0.250 e. The van der Waals surface area contributed by atoms with Crippen molar-refractivity contribution in [2.45, 2.75) is 273 Å². The van der Waals surface area contributed by atoms with Gasteiger partial charge in [0.25, 0.3) is 23.6 Å². The average molecular weight is 1970 g/mol. The van der Waals surface area contributed by atoms with Crippen molar-refractivity contribution in [1.82, 2.24) is 0 Å². The van der Waals surface area contributed by atoms with Crippen LogP contribution in [0.4, 0.5) is 65.7 Å². The molecule has 0 spiro atoms. The van der Waals surface area contributed by atoms with Crippen LogP contribution in [0, 0.1) is 24.8 Å². The summed E-state index contributed by atoms with van der Waals surface area (Å²) in [5.41, 5.74) is 15.0. The van der Waals surface area contributed by atoms with E-state index in [1.807, 2.05) is 184 Å². The molecule has 0 fully saturated rings. The lowest BCUT2D eigenvalue weighted by Crippen LogP contribution is -2.24. The predicted molar refractivity (Wildman–Crippen MR) is 605 cm³/mol. The standard InChI is InChI=1S/C13H14N2O.C12H14ClNO.C12H14FNO.C12H12N2O.C12H15NO.C11H12ClNO.C11H12FNO.C11H13NO.8C3H8/c1-10(2)9-13(16)15(4)12-7-5-11(14-3)6-8-12;2*1-9(2)8-12(15)14(3)11-6-4-10(13)5-7-11;1-9(2)8-12(15)14-11-6-4-10(13-3)5-7-11;1-10(2)9-12(14)13(3)11-7-5-4-6-8-11;2*1-8(2)7-11(14)13-10-5-3-9(12)4-6-10;1-9(2)8-11(13)12-10-6-4-3-5-7-10;8*1-3-2/h5-9H,1-2,4H3;2*4-8H,1-3H3;4-8H,1-2H3,(H,14,15);4-9H,1-3H3;2*3-7H,1-2H3,(H,13,14);3-8H,1-2H3,(H,12,13);8*3H2,1-2H3. The molecule has 0 bridgehead atoms. The van der Waals surface area contributed by atoms with Crippen LogP contribution in [0.3, 0.4) is 0 Å². The van der Waals surface area contributed by atoms with Gasteiger partial charge in [0.15, 0.2) is 11.4 Å². The molecule has 22 heteroatoms. The third-order valence-corrected chi connectivity index (χ3v) is 14.6. The molecule has 0 aliphatic heterocycles. The smallest absolute Gasteiger partial charge is 0.250 e. The largest absolute Gasteiger partial charge is 0.323 e. The molecule has 0 aliphatic carbocycles. The van der Waals surface area contributed by atoms with Crippen LogP contribution in [0.1, 0.15) is 273 Å². The van der Waals surface area contributed by atoms with Gasteiger partial charge in [-0.05, 0) is 256 Å². The van der Waals surface area contributed by atoms with E-state index in [4.69, 9.17) is 36.3 Å². The Labute approximate surface area is 855 Å². The molecule has 140 heavy (non-hydrogen) atoms. The third-order valence-electron chi connectivity index (χ3n) is 14.1. The molecule has 8 amide bonds. The number of nitrogens with one attached hydrogen (secondary N) is 4. The van der Waals surface area contributed by atoms with Gasteiger partial charge in [-0.15, -0.1) is 0 Å². The van der Waals surface area contributed by atoms with Gasteiger partial charge in [0.1, 0.15) is 11.6 Å². The number of halogens is 4. The summed E-state index contributed by atoms with van der Waals surface area (Å²) in [7, 11) is 6.89. The zero-order valence-corrected chi connectivity index (χ0v) is 92.9. The number of carbonyl (C=O) groups excluding carboxylic acids is 8. The highest BCUT2D eigenvalue weighted by Crippen LogP contribution is 2.23. The summed E-state index contributed by atoms with van der Waals surface area (Å²) < 4.78 is 25.2. The molecular weight excluding hydrogens is 1790 g/mol. The molecule has 0 aromatic heterocycles. The van der Waals surface area contributed by atoms with Gasteiger partial charge in [-0.25, -0.2) is 18.5 Å². The van der Waals surface area contributed by atoms with Gasteiger partial charge >= 0.3 is 0 Å². The van der Waals surface area contributed by atoms with E-state index in [1.54, 1.807) is 176 Å². The van der Waals surface area contributed by atoms with E-state index in [0.717, 1.165) is 73.0 Å². The highest BCUT2D eigenvalue weighted by atomic mass is 35.5. The van der Waals surface area contributed by atoms with Crippen LogP contribution in [0.15, 0.2) is 299 Å². The Morgan fingerprint density at radius 1 is 0.250 bits per heavy atom. The molecule has 0 radical (unpaired) electrons. The van der Waals surface area contributed by atoms with Gasteiger partial charge < -0.3 is 40.9 Å². The number of rotatable bonds is 16. The highest BCUT2D eigenvalue weighted by Gasteiger charge is 2.12. The number of anilines is 8. The summed E-state index contributed by atoms with van der Waals surface area (Å²) in [6.07, 6.45) is 22.5. The first-order valence-corrected chi connectivity index (χ1v) is 48.3. The van der Waals surface area contributed by atoms with Crippen LogP contribution >= 0.6 is 23.2 Å². The summed E-state index contributed by atoms with van der Waals surface area (Å²) >= 11 is 11.5. The van der Waals surface area contributed by atoms with Gasteiger partial charge in [-0.2, -0.15) is 0 Å². The minimum Gasteiger partial charge on any atom is -0.323 e. The highest BCUT2D eigenvalue weighted by molar-refractivity contribution is 6.31. The van der Waals surface area contributed by atoms with Crippen LogP contribution < -0.4 is 40.9 Å². The second-order valence-electron chi connectivity index (χ2n) is 32.9. The summed E-state index contributed by atoms with van der Waals surface area (Å²) in [6.45, 7) is 77.7. The monoisotopic (exact) mass is 1960 g/mol. The first-order chi connectivity index (χ1) is 65.9. The molecule has 0 saturated heterocycles. The first-order valence-electron chi connectivity index (χ1n) is 47.5. The average Bonchev–Trinajstić information content (AvgIpc) is 0.855. The number of amides is 8. The zero-order chi connectivity index (χ0) is 109. The van der Waals surface area contributed by atoms with Crippen LogP contribution in [0.25, 0.3) is 9.69 Å². The van der Waals surface area contributed by atoms with E-state index in [0.29, 0.717) is 38.5 Å². The van der Waals surface area contributed by atoms with Crippen LogP contribution in [0.5, 0.6) is 0 Å². The minimum absolute atomic E-state index is 0.0104. The lowest BCUT2D eigenvalue weighted by atomic mass is 10.2. The van der Waals surface area contributed by atoms with Crippen molar-refractivity contribution in [3.8, 4) is 0 Å². The molecular formula is C118H170Cl2F2N10O8. The molecule has 0 unspecified atom stereocenters. The van der Waals surface area contributed by atoms with Crippen LogP contribution in [-0.4, -0.2) is 75.4 Å². The molecule has 8 aromatic carbocycles. The van der Waals surface area contributed by atoms with Crippen molar-refractivity contribution in [3.05, 3.63) is 344 Å². The van der Waals surface area contributed by atoms with E-state index in [-0.39, 0.29) is 58.9 Å². The Morgan fingerprint density at radius 3 is 0.621 bits per heavy atom. The van der Waals surface area contributed by atoms with Gasteiger partial charge in [0.05, 0.1) is 13.1 Å². The lowest BCUT2D eigenvalue weighted by Gasteiger charge is -2.15. The molecule has 8 aromatic rings. The molecule has 8 rings (SSSR count). The Bertz CT molecular complexity index is 4810. The number of benzene rings is 8. The first kappa shape index (κ1) is 142. The van der Waals surface area contributed by atoms with Crippen molar-refractivity contribution in [2.24, 2.45) is 0 Å². The number of carbonyl (C=O) groups is 8. The molecule has 4 N–H and O–H groups in total. The fourth-order valence-electron chi connectivity index (χ4n) is 8.59. The molecule has 0 atom stereocenters. The Kier molecular flexibility index (Phi) is 95.0. The third kappa shape index (κ3) is 88.8. The minimum atomic E-state index is -0.315. The molecule has 18 nitrogen and oxygen atoms in total. The zero-order valence-electron chi connectivity index (χ0n) is 91.4. The van der Waals surface area contributed by atoms with Crippen LogP contribution in [0.2, 0.25) is 10.0 Å². The summed E-state index contributed by atoms with van der Waals surface area (Å²) in [5.74, 6) is -1.35. The molecule has 0 aliphatic rings. The second-order valence-corrected chi connectivity index (χ2v) is 33.8. The van der Waals surface area contributed by atoms with Crippen molar-refractivity contribution in [3.63, 3.8) is 0 Å². The van der Waals surface area contributed by atoms with Gasteiger partial charge in [0, 0.05) is 132 Å². The number of allylic oxidation sites excluding steroid dienone is 8. The maximum atomic E-state index is 12.6. The molecule has 0 heterocycles. The maximum absolute atomic E-state index is 12.6. The number of likely N-dealkylation sites (N-methyl/N-ethyl adjacent to an activating group) is 4. The second kappa shape index (κ2) is 93.5. The Balaban J connectivity index is -0.000000229. The molecule has 0 saturated carbocycles. The Morgan fingerprint density at radius 2 is 0.407 bits per heavy atom. The lowest BCUT2D eigenvalue weighted by molar-refractivity contribution is -0.114. The fourth-order valence-corrected chi connectivity index (χ4v) is 8.84. The van der Waals surface area contributed by atoms with E-state index in [2.05, 4.69) is 142 Å². The van der Waals surface area contributed by atoms with E-state index in [9.17, 15) is 47.1 Å². The topological polar surface area (TPSA) is 206 Å². The van der Waals surface area contributed by atoms with Crippen molar-refractivity contribution in [1.29, 1.82) is 0 Å². The summed E-state index contributed by atoms with van der Waals surface area (Å²) in [5, 5.41) is 12.1. The van der Waals surface area contributed by atoms with Crippen molar-refractivity contribution >= 4 is 127 Å². The number of hydrogen-bond donors (Lipinski definition) is 4. The SMILES string of the molecule is CC(C)=CC(=O)N(C)c1ccc(Cl)cc1.CC(C)=CC(=O)N(C)c1ccc(F)cc1.CC(C)=CC(=O)N(C)c1ccccc1.CC(C)=CC(=O)Nc1ccc(Cl)cc1.CC(C)=CC(=O)Nc1ccc(F)cc1.CC(C)=CC(=O)Nc1ccccc1.CCC.CCC.CCC.CCC.CCC.CCC.CCC.CCC.[C-]#[N+]c1ccc(N(C)C(=O)C=C(C)C)cc1.[C-]#[N+]c1ccc(NC(=O)C=C(C)C)cc1. The summed E-state index contributed by atoms with van der Waals surface area (Å²) in [6, 6.07) is 58.3. The van der Waals surface area contributed by atoms with Crippen LogP contribution in [-0.2, 0) is 38.4 Å². The van der Waals surface area contributed by atoms with Gasteiger partial charge in [-0.3, -0.25) is 38.4 Å². The van der Waals surface area contributed by atoms with Gasteiger partial charge in [-0.1, -0.05) is 291 Å². The van der Waals surface area contributed by atoms with Crippen molar-refractivity contribution < 1.29 is 47.1 Å².